The van der Waals surface area contributed by atoms with Gasteiger partial charge in [0.15, 0.2) is 0 Å². The van der Waals surface area contributed by atoms with E-state index < -0.39 is 33.4 Å². The molecule has 0 bridgehead atoms. The Morgan fingerprint density at radius 1 is 0.837 bits per heavy atom. The van der Waals surface area contributed by atoms with Gasteiger partial charge in [0.2, 0.25) is 0 Å². The summed E-state index contributed by atoms with van der Waals surface area (Å²) in [5, 5.41) is 15.8. The summed E-state index contributed by atoms with van der Waals surface area (Å²) in [5.74, 6) is -2.32. The fraction of sp³-hybridized carbons (Fsp3) is 0.200. The monoisotopic (exact) mass is 687 g/mol. The van der Waals surface area contributed by atoms with Crippen LogP contribution in [-0.4, -0.2) is 72.7 Å². The molecule has 0 unspecified atom stereocenters. The number of aliphatic carboxylic acids is 1. The molecule has 1 aliphatic rings. The number of amides is 2. The van der Waals surface area contributed by atoms with Gasteiger partial charge in [-0.25, -0.2) is 4.79 Å². The first-order valence-corrected chi connectivity index (χ1v) is 16.9. The van der Waals surface area contributed by atoms with Crippen LogP contribution in [0.4, 0.5) is 5.69 Å². The fourth-order valence-electron chi connectivity index (χ4n) is 5.01. The molecule has 0 radical (unpaired) electrons. The van der Waals surface area contributed by atoms with Gasteiger partial charge in [0.25, 0.3) is 21.9 Å². The van der Waals surface area contributed by atoms with Crippen LogP contribution in [0.2, 0.25) is 0 Å². The van der Waals surface area contributed by atoms with Crippen molar-refractivity contribution in [3.8, 4) is 11.3 Å². The van der Waals surface area contributed by atoms with Crippen LogP contribution in [0, 0.1) is 0 Å². The second kappa shape index (κ2) is 15.4. The average molecular weight is 688 g/mol. The summed E-state index contributed by atoms with van der Waals surface area (Å²) in [6.45, 7) is 0.0631. The Balaban J connectivity index is 1.32. The fourth-order valence-corrected chi connectivity index (χ4v) is 5.46. The van der Waals surface area contributed by atoms with Gasteiger partial charge < -0.3 is 29.5 Å². The van der Waals surface area contributed by atoms with Gasteiger partial charge in [-0.15, -0.1) is 0 Å². The van der Waals surface area contributed by atoms with Crippen molar-refractivity contribution in [2.45, 2.75) is 12.8 Å². The summed E-state index contributed by atoms with van der Waals surface area (Å²) in [7, 11) is -4.39. The number of carboxylic acids is 1. The van der Waals surface area contributed by atoms with Crippen molar-refractivity contribution in [3.63, 3.8) is 0 Å². The van der Waals surface area contributed by atoms with Crippen LogP contribution in [0.3, 0.4) is 0 Å². The van der Waals surface area contributed by atoms with Crippen LogP contribution in [0.5, 0.6) is 0 Å². The summed E-state index contributed by atoms with van der Waals surface area (Å²) in [6, 6.07) is 13.1. The third-order valence-corrected chi connectivity index (χ3v) is 8.20. The summed E-state index contributed by atoms with van der Waals surface area (Å²) >= 11 is 0. The molecule has 0 aliphatic heterocycles. The number of allylic oxidation sites excluding steroid dienone is 6. The molecular formula is C35H33N3O10S. The molecule has 0 atom stereocenters. The number of carbonyl (C=O) groups is 3. The third-order valence-electron chi connectivity index (χ3n) is 7.50. The summed E-state index contributed by atoms with van der Waals surface area (Å²) in [6.07, 6.45) is 12.5. The molecule has 0 spiro atoms. The molecule has 4 aromatic rings. The second-order valence-corrected chi connectivity index (χ2v) is 12.6. The largest absolute Gasteiger partial charge is 0.481 e. The van der Waals surface area contributed by atoms with E-state index in [2.05, 4.69) is 10.6 Å². The van der Waals surface area contributed by atoms with Crippen LogP contribution in [0.25, 0.3) is 33.3 Å². The van der Waals surface area contributed by atoms with Gasteiger partial charge in [-0.1, -0.05) is 36.4 Å². The van der Waals surface area contributed by atoms with Crippen molar-refractivity contribution in [1.82, 2.24) is 10.2 Å². The van der Waals surface area contributed by atoms with Crippen molar-refractivity contribution >= 4 is 55.5 Å². The number of nitrogens with one attached hydrogen (secondary N) is 2. The number of nitrogens with zero attached hydrogens (tertiary/aromatic N) is 1. The molecule has 1 aliphatic carbocycles. The maximum atomic E-state index is 13.5. The number of carboxylic acid groups (broad SMARTS) is 1. The molecular weight excluding hydrogens is 654 g/mol. The summed E-state index contributed by atoms with van der Waals surface area (Å²) in [4.78, 5) is 51.1. The third kappa shape index (κ3) is 9.43. The molecule has 13 nitrogen and oxygen atoms in total. The van der Waals surface area contributed by atoms with Crippen LogP contribution < -0.4 is 16.3 Å². The lowest BCUT2D eigenvalue weighted by Crippen LogP contribution is -2.41. The molecule has 5 rings (SSSR count). The lowest BCUT2D eigenvalue weighted by atomic mass is 10.1. The summed E-state index contributed by atoms with van der Waals surface area (Å²) in [5.41, 5.74) is 1.34. The maximum Gasteiger partial charge on any atom is 0.347 e. The minimum atomic E-state index is -4.39. The van der Waals surface area contributed by atoms with E-state index in [1.807, 2.05) is 6.08 Å². The number of benzene rings is 2. The summed E-state index contributed by atoms with van der Waals surface area (Å²) < 4.78 is 43.9. The van der Waals surface area contributed by atoms with Gasteiger partial charge in [0.05, 0.1) is 5.75 Å². The SMILES string of the molecule is O=C(O)CCCNc1ccc2cc(-c3cc4ccc(C(=O)N(CCNC(=O)C5=CC=CC=CC=C5)CCS(=O)(=O)O)cc4o3)c(=O)oc2c1. The van der Waals surface area contributed by atoms with Gasteiger partial charge in [0.1, 0.15) is 22.5 Å². The highest BCUT2D eigenvalue weighted by atomic mass is 32.2. The van der Waals surface area contributed by atoms with E-state index >= 15 is 0 Å². The number of furan rings is 1. The van der Waals surface area contributed by atoms with Gasteiger partial charge in [-0.2, -0.15) is 8.42 Å². The number of anilines is 1. The van der Waals surface area contributed by atoms with Gasteiger partial charge in [-0.05, 0) is 55.0 Å². The van der Waals surface area contributed by atoms with Gasteiger partial charge in [0, 0.05) is 66.3 Å². The minimum Gasteiger partial charge on any atom is -0.481 e. The lowest BCUT2D eigenvalue weighted by molar-refractivity contribution is -0.137. The Hall–Kier alpha value is -5.73. The number of carbonyl (C=O) groups excluding carboxylic acids is 2. The quantitative estimate of drug-likeness (QED) is 0.0825. The molecule has 2 amide bonds. The highest BCUT2D eigenvalue weighted by Crippen LogP contribution is 2.29. The molecule has 4 N–H and O–H groups in total. The van der Waals surface area contributed by atoms with Gasteiger partial charge in [-0.3, -0.25) is 18.9 Å². The van der Waals surface area contributed by atoms with Crippen molar-refractivity contribution in [2.24, 2.45) is 0 Å². The zero-order valence-electron chi connectivity index (χ0n) is 26.1. The zero-order valence-corrected chi connectivity index (χ0v) is 26.9. The first kappa shape index (κ1) is 34.6. The predicted octanol–water partition coefficient (Wildman–Crippen LogP) is 4.54. The van der Waals surface area contributed by atoms with Crippen LogP contribution in [0.1, 0.15) is 23.2 Å². The van der Waals surface area contributed by atoms with E-state index in [0.29, 0.717) is 40.6 Å². The molecule has 254 valence electrons. The predicted molar refractivity (Wildman–Crippen MR) is 184 cm³/mol. The van der Waals surface area contributed by atoms with Crippen molar-refractivity contribution in [1.29, 1.82) is 0 Å². The first-order chi connectivity index (χ1) is 23.5. The van der Waals surface area contributed by atoms with Gasteiger partial charge >= 0.3 is 11.6 Å². The number of hydrogen-bond acceptors (Lipinski definition) is 9. The minimum absolute atomic E-state index is 0.00788. The number of hydrogen-bond donors (Lipinski definition) is 4. The molecule has 2 aromatic heterocycles. The first-order valence-electron chi connectivity index (χ1n) is 15.3. The lowest BCUT2D eigenvalue weighted by Gasteiger charge is -2.22. The molecule has 0 fully saturated rings. The van der Waals surface area contributed by atoms with E-state index in [-0.39, 0.29) is 54.4 Å². The Kier molecular flexibility index (Phi) is 10.9. The van der Waals surface area contributed by atoms with E-state index in [1.165, 1.54) is 17.0 Å². The molecule has 2 heterocycles. The Morgan fingerprint density at radius 3 is 2.37 bits per heavy atom. The molecule has 14 heteroatoms. The highest BCUT2D eigenvalue weighted by Gasteiger charge is 2.21. The number of fused-ring (bicyclic) bond motifs is 2. The molecule has 2 aromatic carbocycles. The van der Waals surface area contributed by atoms with Crippen molar-refractivity contribution < 1.29 is 41.3 Å². The molecule has 0 saturated carbocycles. The van der Waals surface area contributed by atoms with E-state index in [4.69, 9.17) is 13.9 Å². The second-order valence-electron chi connectivity index (χ2n) is 11.1. The highest BCUT2D eigenvalue weighted by molar-refractivity contribution is 7.85. The van der Waals surface area contributed by atoms with E-state index in [9.17, 15) is 32.1 Å². The maximum absolute atomic E-state index is 13.5. The molecule has 0 saturated heterocycles. The topological polar surface area (TPSA) is 196 Å². The van der Waals surface area contributed by atoms with Crippen molar-refractivity contribution in [2.75, 3.05) is 37.2 Å². The average Bonchev–Trinajstić information content (AvgIpc) is 3.46. The van der Waals surface area contributed by atoms with Crippen LogP contribution >= 0.6 is 0 Å². The Bertz CT molecular complexity index is 2190. The van der Waals surface area contributed by atoms with E-state index in [1.54, 1.807) is 72.9 Å². The van der Waals surface area contributed by atoms with Crippen LogP contribution in [-0.2, 0) is 19.7 Å². The Labute approximate surface area is 280 Å². The van der Waals surface area contributed by atoms with Crippen LogP contribution in [0.15, 0.2) is 110 Å². The van der Waals surface area contributed by atoms with Crippen molar-refractivity contribution in [3.05, 3.63) is 113 Å². The van der Waals surface area contributed by atoms with E-state index in [0.717, 1.165) is 0 Å². The molecule has 49 heavy (non-hydrogen) atoms. The standard InChI is InChI=1S/C35H33N3O10S/c39-32(40)9-6-14-36-27-13-12-24-19-28(35(43)48-30(24)22-27)31-20-25-10-11-26(21-29(25)47-31)34(42)38(17-18-49(44,45)46)16-15-37-33(41)23-7-4-2-1-3-5-8-23/h1-5,7-8,10-13,19-22,36H,6,9,14-18H2,(H,37,41)(H,39,40)(H,44,45,46). The Morgan fingerprint density at radius 2 is 1.57 bits per heavy atom. The normalized spacial score (nSPS) is 12.8. The zero-order chi connectivity index (χ0) is 35.0. The number of rotatable bonds is 14. The smallest absolute Gasteiger partial charge is 0.347 e.